The van der Waals surface area contributed by atoms with E-state index in [1.165, 1.54) is 12.1 Å². The van der Waals surface area contributed by atoms with Gasteiger partial charge in [-0.3, -0.25) is 14.9 Å². The van der Waals surface area contributed by atoms with E-state index in [4.69, 9.17) is 16.7 Å². The second-order valence-electron chi connectivity index (χ2n) is 2.90. The fourth-order valence-corrected chi connectivity index (χ4v) is 1.32. The van der Waals surface area contributed by atoms with Crippen molar-refractivity contribution in [2.24, 2.45) is 0 Å². The van der Waals surface area contributed by atoms with Crippen LogP contribution in [0.25, 0.3) is 0 Å². The SMILES string of the molecule is O=C(NCCO)c1ccc([N+](=O)[O-])c(Cl)c1. The van der Waals surface area contributed by atoms with E-state index in [2.05, 4.69) is 5.32 Å². The van der Waals surface area contributed by atoms with Crippen LogP contribution < -0.4 is 5.32 Å². The van der Waals surface area contributed by atoms with E-state index in [1.54, 1.807) is 0 Å². The number of nitro benzene ring substituents is 1. The van der Waals surface area contributed by atoms with E-state index in [0.29, 0.717) is 0 Å². The van der Waals surface area contributed by atoms with Crippen LogP contribution in [0.2, 0.25) is 5.02 Å². The van der Waals surface area contributed by atoms with Gasteiger partial charge in [0.15, 0.2) is 0 Å². The molecule has 1 rings (SSSR count). The minimum Gasteiger partial charge on any atom is -0.395 e. The fourth-order valence-electron chi connectivity index (χ4n) is 1.07. The second-order valence-corrected chi connectivity index (χ2v) is 3.31. The van der Waals surface area contributed by atoms with Gasteiger partial charge < -0.3 is 10.4 Å². The lowest BCUT2D eigenvalue weighted by atomic mass is 10.2. The fraction of sp³-hybridized carbons (Fsp3) is 0.222. The summed E-state index contributed by atoms with van der Waals surface area (Å²) in [4.78, 5) is 21.2. The predicted octanol–water partition coefficient (Wildman–Crippen LogP) is 0.970. The summed E-state index contributed by atoms with van der Waals surface area (Å²) in [5, 5.41) is 21.3. The van der Waals surface area contributed by atoms with Gasteiger partial charge in [-0.15, -0.1) is 0 Å². The molecular weight excluding hydrogens is 236 g/mol. The highest BCUT2D eigenvalue weighted by Gasteiger charge is 2.14. The molecule has 1 aromatic carbocycles. The first kappa shape index (κ1) is 12.4. The Morgan fingerprint density at radius 2 is 2.25 bits per heavy atom. The lowest BCUT2D eigenvalue weighted by Gasteiger charge is -2.03. The third-order valence-corrected chi connectivity index (χ3v) is 2.11. The molecule has 0 heterocycles. The van der Waals surface area contributed by atoms with Crippen molar-refractivity contribution in [3.8, 4) is 0 Å². The lowest BCUT2D eigenvalue weighted by molar-refractivity contribution is -0.384. The van der Waals surface area contributed by atoms with Crippen LogP contribution in [-0.2, 0) is 0 Å². The number of halogens is 1. The summed E-state index contributed by atoms with van der Waals surface area (Å²) in [6.45, 7) is -0.0557. The average Bonchev–Trinajstić information content (AvgIpc) is 2.25. The normalized spacial score (nSPS) is 9.88. The first-order valence-corrected chi connectivity index (χ1v) is 4.77. The van der Waals surface area contributed by atoms with Gasteiger partial charge in [0, 0.05) is 18.2 Å². The Morgan fingerprint density at radius 3 is 2.75 bits per heavy atom. The Balaban J connectivity index is 2.88. The summed E-state index contributed by atoms with van der Waals surface area (Å²) in [5.74, 6) is -0.439. The Morgan fingerprint density at radius 1 is 1.56 bits per heavy atom. The average molecular weight is 245 g/mol. The zero-order chi connectivity index (χ0) is 12.1. The van der Waals surface area contributed by atoms with Crippen molar-refractivity contribution in [1.29, 1.82) is 0 Å². The standard InChI is InChI=1S/C9H9ClN2O4/c10-7-5-6(9(14)11-3-4-13)1-2-8(7)12(15)16/h1-2,5,13H,3-4H2,(H,11,14). The number of hydrogen-bond acceptors (Lipinski definition) is 4. The second kappa shape index (κ2) is 5.43. The van der Waals surface area contributed by atoms with Crippen LogP contribution in [0.1, 0.15) is 10.4 Å². The van der Waals surface area contributed by atoms with E-state index < -0.39 is 10.8 Å². The quantitative estimate of drug-likeness (QED) is 0.610. The van der Waals surface area contributed by atoms with Gasteiger partial charge in [0.2, 0.25) is 0 Å². The van der Waals surface area contributed by atoms with E-state index in [1.807, 2.05) is 0 Å². The van der Waals surface area contributed by atoms with Crippen molar-refractivity contribution in [3.63, 3.8) is 0 Å². The van der Waals surface area contributed by atoms with Gasteiger partial charge in [-0.05, 0) is 12.1 Å². The summed E-state index contributed by atoms with van der Waals surface area (Å²) in [6.07, 6.45) is 0. The molecule has 86 valence electrons. The molecule has 0 aliphatic carbocycles. The summed E-state index contributed by atoms with van der Waals surface area (Å²) in [6, 6.07) is 3.68. The molecule has 0 aliphatic heterocycles. The van der Waals surface area contributed by atoms with E-state index >= 15 is 0 Å². The molecule has 0 aliphatic rings. The summed E-state index contributed by atoms with van der Waals surface area (Å²) in [7, 11) is 0. The molecule has 7 heteroatoms. The molecule has 0 saturated heterocycles. The van der Waals surface area contributed by atoms with Gasteiger partial charge in [0.25, 0.3) is 11.6 Å². The highest BCUT2D eigenvalue weighted by atomic mass is 35.5. The third kappa shape index (κ3) is 2.91. The molecule has 1 aromatic rings. The van der Waals surface area contributed by atoms with Gasteiger partial charge in [-0.1, -0.05) is 11.6 Å². The first-order chi connectivity index (χ1) is 7.56. The molecule has 2 N–H and O–H groups in total. The molecule has 16 heavy (non-hydrogen) atoms. The summed E-state index contributed by atoms with van der Waals surface area (Å²) < 4.78 is 0. The topological polar surface area (TPSA) is 92.5 Å². The van der Waals surface area contributed by atoms with Crippen LogP contribution in [0.5, 0.6) is 0 Å². The maximum Gasteiger partial charge on any atom is 0.287 e. The number of hydrogen-bond donors (Lipinski definition) is 2. The van der Waals surface area contributed by atoms with Gasteiger partial charge in [-0.2, -0.15) is 0 Å². The molecule has 0 fully saturated rings. The zero-order valence-electron chi connectivity index (χ0n) is 8.14. The molecule has 0 atom stereocenters. The summed E-state index contributed by atoms with van der Waals surface area (Å²) >= 11 is 5.63. The number of rotatable bonds is 4. The predicted molar refractivity (Wildman–Crippen MR) is 57.5 cm³/mol. The smallest absolute Gasteiger partial charge is 0.287 e. The number of aliphatic hydroxyl groups excluding tert-OH is 1. The lowest BCUT2D eigenvalue weighted by Crippen LogP contribution is -2.26. The monoisotopic (exact) mass is 244 g/mol. The molecule has 0 spiro atoms. The molecular formula is C9H9ClN2O4. The van der Waals surface area contributed by atoms with Gasteiger partial charge >= 0.3 is 0 Å². The van der Waals surface area contributed by atoms with E-state index in [0.717, 1.165) is 6.07 Å². The van der Waals surface area contributed by atoms with Crippen molar-refractivity contribution in [1.82, 2.24) is 5.32 Å². The Labute approximate surface area is 96.0 Å². The number of carbonyl (C=O) groups is 1. The van der Waals surface area contributed by atoms with Gasteiger partial charge in [0.1, 0.15) is 5.02 Å². The number of nitro groups is 1. The largest absolute Gasteiger partial charge is 0.395 e. The number of amides is 1. The zero-order valence-corrected chi connectivity index (χ0v) is 8.90. The molecule has 1 amide bonds. The maximum atomic E-state index is 11.4. The van der Waals surface area contributed by atoms with Crippen LogP contribution in [0.3, 0.4) is 0 Å². The molecule has 0 unspecified atom stereocenters. The number of nitrogens with one attached hydrogen (secondary N) is 1. The van der Waals surface area contributed by atoms with E-state index in [9.17, 15) is 14.9 Å². The van der Waals surface area contributed by atoms with Crippen molar-refractivity contribution < 1.29 is 14.8 Å². The van der Waals surface area contributed by atoms with Crippen molar-refractivity contribution >= 4 is 23.2 Å². The number of carbonyl (C=O) groups excluding carboxylic acids is 1. The number of benzene rings is 1. The Hall–Kier alpha value is -1.66. The molecule has 0 bridgehead atoms. The summed E-state index contributed by atoms with van der Waals surface area (Å²) in [5.41, 5.74) is -0.0376. The molecule has 6 nitrogen and oxygen atoms in total. The number of nitrogens with zero attached hydrogens (tertiary/aromatic N) is 1. The van der Waals surface area contributed by atoms with Crippen molar-refractivity contribution in [3.05, 3.63) is 38.9 Å². The van der Waals surface area contributed by atoms with Crippen LogP contribution in [0.15, 0.2) is 18.2 Å². The Bertz CT molecular complexity index is 422. The molecule has 0 saturated carbocycles. The van der Waals surface area contributed by atoms with Gasteiger partial charge in [0.05, 0.1) is 11.5 Å². The maximum absolute atomic E-state index is 11.4. The van der Waals surface area contributed by atoms with Crippen molar-refractivity contribution in [2.45, 2.75) is 0 Å². The highest BCUT2D eigenvalue weighted by Crippen LogP contribution is 2.24. The van der Waals surface area contributed by atoms with Crippen LogP contribution in [-0.4, -0.2) is 29.1 Å². The van der Waals surface area contributed by atoms with Crippen LogP contribution >= 0.6 is 11.6 Å². The molecule has 0 radical (unpaired) electrons. The highest BCUT2D eigenvalue weighted by molar-refractivity contribution is 6.33. The minimum absolute atomic E-state index is 0.0957. The van der Waals surface area contributed by atoms with Gasteiger partial charge in [-0.25, -0.2) is 0 Å². The van der Waals surface area contributed by atoms with E-state index in [-0.39, 0.29) is 29.4 Å². The van der Waals surface area contributed by atoms with Crippen LogP contribution in [0, 0.1) is 10.1 Å². The minimum atomic E-state index is -0.627. The molecule has 0 aromatic heterocycles. The first-order valence-electron chi connectivity index (χ1n) is 4.39. The van der Waals surface area contributed by atoms with Crippen LogP contribution in [0.4, 0.5) is 5.69 Å². The Kier molecular flexibility index (Phi) is 4.21. The van der Waals surface area contributed by atoms with Crippen molar-refractivity contribution in [2.75, 3.05) is 13.2 Å². The number of aliphatic hydroxyl groups is 1. The third-order valence-electron chi connectivity index (χ3n) is 1.80.